The lowest BCUT2D eigenvalue weighted by Gasteiger charge is -2.13. The zero-order valence-corrected chi connectivity index (χ0v) is 11.6. The van der Waals surface area contributed by atoms with Crippen molar-refractivity contribution < 1.29 is 14.7 Å². The first kappa shape index (κ1) is 14.5. The van der Waals surface area contributed by atoms with Crippen molar-refractivity contribution in [3.63, 3.8) is 0 Å². The molecule has 0 heterocycles. The number of carbonyl (C=O) groups excluding carboxylic acids is 2. The summed E-state index contributed by atoms with van der Waals surface area (Å²) in [5, 5.41) is 14.5. The molecule has 1 aromatic rings. The molecule has 0 unspecified atom stereocenters. The summed E-state index contributed by atoms with van der Waals surface area (Å²) in [4.78, 5) is 23.5. The highest BCUT2D eigenvalue weighted by molar-refractivity contribution is 5.96. The molecule has 0 spiro atoms. The fraction of sp³-hybridized carbons (Fsp3) is 0.467. The molecule has 20 heavy (non-hydrogen) atoms. The summed E-state index contributed by atoms with van der Waals surface area (Å²) >= 11 is 0. The topological polar surface area (TPSA) is 78.4 Å². The summed E-state index contributed by atoms with van der Waals surface area (Å²) in [5.41, 5.74) is 1.43. The third-order valence-electron chi connectivity index (χ3n) is 3.64. The van der Waals surface area contributed by atoms with E-state index in [1.54, 1.807) is 12.1 Å². The average molecular weight is 276 g/mol. The second kappa shape index (κ2) is 6.05. The van der Waals surface area contributed by atoms with Gasteiger partial charge in [0.1, 0.15) is 0 Å². The van der Waals surface area contributed by atoms with Crippen molar-refractivity contribution in [3.8, 4) is 0 Å². The summed E-state index contributed by atoms with van der Waals surface area (Å²) in [7, 11) is 0. The predicted molar refractivity (Wildman–Crippen MR) is 75.3 cm³/mol. The molecule has 2 amide bonds. The maximum atomic E-state index is 11.8. The van der Waals surface area contributed by atoms with E-state index in [0.29, 0.717) is 12.1 Å². The molecule has 0 aromatic heterocycles. The number of benzene rings is 1. The molecule has 1 saturated carbocycles. The smallest absolute Gasteiger partial charge is 0.251 e. The molecular weight excluding hydrogens is 256 g/mol. The molecule has 0 bridgehead atoms. The molecule has 0 atom stereocenters. The quantitative estimate of drug-likeness (QED) is 0.712. The Morgan fingerprint density at radius 1 is 1.30 bits per heavy atom. The van der Waals surface area contributed by atoms with Crippen molar-refractivity contribution in [2.45, 2.75) is 19.8 Å². The van der Waals surface area contributed by atoms with E-state index >= 15 is 0 Å². The van der Waals surface area contributed by atoms with Crippen LogP contribution in [0.1, 0.15) is 28.8 Å². The van der Waals surface area contributed by atoms with Crippen LogP contribution in [0.5, 0.6) is 0 Å². The molecule has 108 valence electrons. The molecule has 1 aliphatic carbocycles. The second-order valence-corrected chi connectivity index (χ2v) is 5.49. The number of hydrogen-bond acceptors (Lipinski definition) is 3. The first-order valence-corrected chi connectivity index (χ1v) is 6.77. The molecule has 5 heteroatoms. The molecule has 0 aliphatic heterocycles. The Hall–Kier alpha value is -1.88. The predicted octanol–water partition coefficient (Wildman–Crippen LogP) is 0.614. The standard InChI is InChI=1S/C15H20N2O3/c1-11-3-2-4-12(7-11)14(20)16-8-13(19)17-9-15(10-18)5-6-15/h2-4,7,18H,5-6,8-10H2,1H3,(H,16,20)(H,17,19). The van der Waals surface area contributed by atoms with Crippen LogP contribution >= 0.6 is 0 Å². The summed E-state index contributed by atoms with van der Waals surface area (Å²) < 4.78 is 0. The van der Waals surface area contributed by atoms with Gasteiger partial charge in [0, 0.05) is 17.5 Å². The average Bonchev–Trinajstić information content (AvgIpc) is 3.23. The lowest BCUT2D eigenvalue weighted by Crippen LogP contribution is -2.39. The fourth-order valence-electron chi connectivity index (χ4n) is 1.97. The van der Waals surface area contributed by atoms with Gasteiger partial charge in [0.05, 0.1) is 13.2 Å². The van der Waals surface area contributed by atoms with Gasteiger partial charge in [0.25, 0.3) is 5.91 Å². The lowest BCUT2D eigenvalue weighted by atomic mass is 10.1. The summed E-state index contributed by atoms with van der Waals surface area (Å²) in [6, 6.07) is 7.21. The van der Waals surface area contributed by atoms with Crippen molar-refractivity contribution in [1.29, 1.82) is 0 Å². The van der Waals surface area contributed by atoms with E-state index in [4.69, 9.17) is 5.11 Å². The van der Waals surface area contributed by atoms with Gasteiger partial charge in [-0.05, 0) is 31.9 Å². The first-order valence-electron chi connectivity index (χ1n) is 6.77. The largest absolute Gasteiger partial charge is 0.396 e. The highest BCUT2D eigenvalue weighted by Gasteiger charge is 2.41. The van der Waals surface area contributed by atoms with Crippen molar-refractivity contribution in [3.05, 3.63) is 35.4 Å². The maximum absolute atomic E-state index is 11.8. The number of carbonyl (C=O) groups is 2. The molecular formula is C15H20N2O3. The van der Waals surface area contributed by atoms with Gasteiger partial charge in [0.15, 0.2) is 0 Å². The second-order valence-electron chi connectivity index (χ2n) is 5.49. The Morgan fingerprint density at radius 2 is 2.05 bits per heavy atom. The minimum atomic E-state index is -0.257. The number of rotatable bonds is 6. The summed E-state index contributed by atoms with van der Waals surface area (Å²) in [5.74, 6) is -0.488. The molecule has 0 saturated heterocycles. The Labute approximate surface area is 118 Å². The molecule has 0 radical (unpaired) electrons. The first-order chi connectivity index (χ1) is 9.54. The Morgan fingerprint density at radius 3 is 2.65 bits per heavy atom. The zero-order chi connectivity index (χ0) is 14.6. The van der Waals surface area contributed by atoms with Crippen LogP contribution in [-0.4, -0.2) is 36.6 Å². The van der Waals surface area contributed by atoms with Crippen LogP contribution < -0.4 is 10.6 Å². The maximum Gasteiger partial charge on any atom is 0.251 e. The highest BCUT2D eigenvalue weighted by Crippen LogP contribution is 2.44. The molecule has 1 fully saturated rings. The van der Waals surface area contributed by atoms with Crippen molar-refractivity contribution in [2.75, 3.05) is 19.7 Å². The Kier molecular flexibility index (Phi) is 4.39. The minimum absolute atomic E-state index is 0.0473. The summed E-state index contributed by atoms with van der Waals surface area (Å²) in [6.07, 6.45) is 1.89. The Balaban J connectivity index is 1.74. The van der Waals surface area contributed by atoms with Gasteiger partial charge >= 0.3 is 0 Å². The van der Waals surface area contributed by atoms with Crippen LogP contribution in [-0.2, 0) is 4.79 Å². The van der Waals surface area contributed by atoms with E-state index < -0.39 is 0 Å². The van der Waals surface area contributed by atoms with Gasteiger partial charge in [-0.25, -0.2) is 0 Å². The number of aryl methyl sites for hydroxylation is 1. The number of aliphatic hydroxyl groups is 1. The van der Waals surface area contributed by atoms with Crippen molar-refractivity contribution in [2.24, 2.45) is 5.41 Å². The normalized spacial score (nSPS) is 15.5. The fourth-order valence-corrected chi connectivity index (χ4v) is 1.97. The molecule has 1 aromatic carbocycles. The van der Waals surface area contributed by atoms with Crippen LogP contribution in [0.25, 0.3) is 0 Å². The number of nitrogens with one attached hydrogen (secondary N) is 2. The third-order valence-corrected chi connectivity index (χ3v) is 3.64. The third kappa shape index (κ3) is 3.81. The van der Waals surface area contributed by atoms with E-state index in [1.165, 1.54) is 0 Å². The van der Waals surface area contributed by atoms with E-state index in [-0.39, 0.29) is 30.4 Å². The number of aliphatic hydroxyl groups excluding tert-OH is 1. The van der Waals surface area contributed by atoms with E-state index in [1.807, 2.05) is 19.1 Å². The van der Waals surface area contributed by atoms with Crippen LogP contribution in [0, 0.1) is 12.3 Å². The monoisotopic (exact) mass is 276 g/mol. The number of amides is 2. The van der Waals surface area contributed by atoms with Crippen LogP contribution in [0.3, 0.4) is 0 Å². The van der Waals surface area contributed by atoms with Crippen LogP contribution in [0.2, 0.25) is 0 Å². The molecule has 5 nitrogen and oxygen atoms in total. The van der Waals surface area contributed by atoms with Gasteiger partial charge in [0.2, 0.25) is 5.91 Å². The Bertz CT molecular complexity index is 510. The van der Waals surface area contributed by atoms with Crippen molar-refractivity contribution >= 4 is 11.8 Å². The zero-order valence-electron chi connectivity index (χ0n) is 11.6. The molecule has 2 rings (SSSR count). The minimum Gasteiger partial charge on any atom is -0.396 e. The molecule has 3 N–H and O–H groups in total. The van der Waals surface area contributed by atoms with Gasteiger partial charge in [-0.2, -0.15) is 0 Å². The SMILES string of the molecule is Cc1cccc(C(=O)NCC(=O)NCC2(CO)CC2)c1. The van der Waals surface area contributed by atoms with E-state index in [9.17, 15) is 9.59 Å². The van der Waals surface area contributed by atoms with Gasteiger partial charge in [-0.3, -0.25) is 9.59 Å². The number of hydrogen-bond donors (Lipinski definition) is 3. The van der Waals surface area contributed by atoms with Crippen LogP contribution in [0.4, 0.5) is 0 Å². The van der Waals surface area contributed by atoms with Crippen molar-refractivity contribution in [1.82, 2.24) is 10.6 Å². The highest BCUT2D eigenvalue weighted by atomic mass is 16.3. The van der Waals surface area contributed by atoms with Crippen LogP contribution in [0.15, 0.2) is 24.3 Å². The van der Waals surface area contributed by atoms with Gasteiger partial charge in [-0.15, -0.1) is 0 Å². The molecule has 1 aliphatic rings. The summed E-state index contributed by atoms with van der Waals surface area (Å²) in [6.45, 7) is 2.44. The van der Waals surface area contributed by atoms with E-state index in [0.717, 1.165) is 18.4 Å². The lowest BCUT2D eigenvalue weighted by molar-refractivity contribution is -0.120. The van der Waals surface area contributed by atoms with E-state index in [2.05, 4.69) is 10.6 Å². The van der Waals surface area contributed by atoms with Gasteiger partial charge < -0.3 is 15.7 Å². The van der Waals surface area contributed by atoms with Gasteiger partial charge in [-0.1, -0.05) is 17.7 Å².